The van der Waals surface area contributed by atoms with Gasteiger partial charge in [-0.2, -0.15) is 0 Å². The molecule has 0 nitrogen and oxygen atoms in total. The molecule has 0 amide bonds. The van der Waals surface area contributed by atoms with Crippen molar-refractivity contribution in [1.82, 2.24) is 0 Å². The average molecular weight is 807 g/mol. The van der Waals surface area contributed by atoms with Crippen molar-refractivity contribution >= 4 is 37.9 Å². The molecule has 0 heterocycles. The predicted octanol–water partition coefficient (Wildman–Crippen LogP) is 19.2. The van der Waals surface area contributed by atoms with Gasteiger partial charge in [0.1, 0.15) is 0 Å². The fraction of sp³-hybridized carbons (Fsp3) is 0.246. The summed E-state index contributed by atoms with van der Waals surface area (Å²) in [6.45, 7) is 28.5. The molecule has 0 N–H and O–H groups in total. The molecule has 1 atom stereocenters. The molecular weight excluding hydrogens is 733 g/mol. The van der Waals surface area contributed by atoms with Gasteiger partial charge in [-0.1, -0.05) is 258 Å². The fourth-order valence-corrected chi connectivity index (χ4v) is 7.06. The molecule has 1 aliphatic carbocycles. The van der Waals surface area contributed by atoms with Crippen LogP contribution in [0.3, 0.4) is 0 Å². The summed E-state index contributed by atoms with van der Waals surface area (Å²) < 4.78 is 0. The first-order valence-electron chi connectivity index (χ1n) is 22.7. The number of allylic oxidation sites excluding steroid dienone is 7. The lowest BCUT2D eigenvalue weighted by atomic mass is 9.89. The summed E-state index contributed by atoms with van der Waals surface area (Å²) in [5.41, 5.74) is 10.1. The van der Waals surface area contributed by atoms with Crippen LogP contribution < -0.4 is 0 Å². The van der Waals surface area contributed by atoms with Gasteiger partial charge < -0.3 is 0 Å². The summed E-state index contributed by atoms with van der Waals surface area (Å²) in [7, 11) is 0. The van der Waals surface area contributed by atoms with Crippen molar-refractivity contribution in [3.63, 3.8) is 0 Å². The van der Waals surface area contributed by atoms with Gasteiger partial charge >= 0.3 is 0 Å². The zero-order chi connectivity index (χ0) is 45.6. The third-order valence-electron chi connectivity index (χ3n) is 9.74. The lowest BCUT2D eigenvalue weighted by molar-refractivity contribution is 0.767. The number of terminal acetylenes is 1. The van der Waals surface area contributed by atoms with Crippen LogP contribution in [-0.4, -0.2) is 0 Å². The molecule has 0 bridgehead atoms. The molecule has 1 unspecified atom stereocenters. The second-order valence-corrected chi connectivity index (χ2v) is 12.9. The molecular formula is C61H74. The van der Waals surface area contributed by atoms with E-state index in [0.29, 0.717) is 5.92 Å². The Balaban J connectivity index is 0.000000545. The maximum absolute atomic E-state index is 4.14. The summed E-state index contributed by atoms with van der Waals surface area (Å²) in [5.74, 6) is 0.528. The third-order valence-corrected chi connectivity index (χ3v) is 9.74. The van der Waals surface area contributed by atoms with Gasteiger partial charge in [-0.15, -0.1) is 12.8 Å². The molecule has 0 fully saturated rings. The van der Waals surface area contributed by atoms with Crippen molar-refractivity contribution < 1.29 is 0 Å². The molecule has 61 heavy (non-hydrogen) atoms. The zero-order valence-electron chi connectivity index (χ0n) is 39.6. The number of hydrogen-bond acceptors (Lipinski definition) is 0. The minimum absolute atomic E-state index is 0.528. The number of fused-ring (bicyclic) bond motifs is 6. The van der Waals surface area contributed by atoms with Gasteiger partial charge in [-0.3, -0.25) is 0 Å². The quantitative estimate of drug-likeness (QED) is 0.0892. The van der Waals surface area contributed by atoms with E-state index in [2.05, 4.69) is 191 Å². The molecule has 0 saturated heterocycles. The Kier molecular flexibility index (Phi) is 26.7. The number of aryl methyl sites for hydroxylation is 1. The number of benzene rings is 7. The van der Waals surface area contributed by atoms with Crippen LogP contribution in [0.1, 0.15) is 101 Å². The molecule has 1 aliphatic rings. The summed E-state index contributed by atoms with van der Waals surface area (Å²) >= 11 is 0. The summed E-state index contributed by atoms with van der Waals surface area (Å²) in [6.07, 6.45) is 21.0. The zero-order valence-corrected chi connectivity index (χ0v) is 39.6. The van der Waals surface area contributed by atoms with Gasteiger partial charge in [0, 0.05) is 5.92 Å². The smallest absolute Gasteiger partial charge is 0.00150 e. The molecule has 0 aliphatic heterocycles. The first-order valence-corrected chi connectivity index (χ1v) is 22.7. The second-order valence-electron chi connectivity index (χ2n) is 12.9. The first kappa shape index (κ1) is 52.9. The predicted molar refractivity (Wildman–Crippen MR) is 281 cm³/mol. The monoisotopic (exact) mass is 807 g/mol. The molecule has 318 valence electrons. The third kappa shape index (κ3) is 14.5. The van der Waals surface area contributed by atoms with Crippen LogP contribution in [0.15, 0.2) is 188 Å². The topological polar surface area (TPSA) is 0 Å². The lowest BCUT2D eigenvalue weighted by Gasteiger charge is -2.14. The molecule has 0 heteroatoms. The van der Waals surface area contributed by atoms with Gasteiger partial charge in [-0.25, -0.2) is 0 Å². The molecule has 8 rings (SSSR count). The van der Waals surface area contributed by atoms with Gasteiger partial charge in [0.05, 0.1) is 0 Å². The van der Waals surface area contributed by atoms with Crippen LogP contribution in [0.2, 0.25) is 0 Å². The highest BCUT2D eigenvalue weighted by Gasteiger charge is 2.12. The second kappa shape index (κ2) is 30.8. The van der Waals surface area contributed by atoms with Crippen LogP contribution in [0.4, 0.5) is 0 Å². The molecule has 0 saturated carbocycles. The largest absolute Gasteiger partial charge is 0.124 e. The summed E-state index contributed by atoms with van der Waals surface area (Å²) in [5, 5.41) is 7.89. The van der Waals surface area contributed by atoms with Crippen LogP contribution in [0, 0.1) is 18.8 Å². The molecule has 0 radical (unpaired) electrons. The van der Waals surface area contributed by atoms with E-state index in [1.165, 1.54) is 71.3 Å². The standard InChI is InChI=1S/C32H24.C17H18.5C2H6.C2H2/c1-2-22-10-9-11-23(20-22)25-12-3-4-13-26(25)24-18-19-31-29-16-6-5-14-27(29)28-15-7-8-17-30(28)32(31)21-24;1-14(16-9-5-3-6-10-16)13-15(2)17-11-7-4-8-12-17;6*1-2/h3-21H,2H2,1H3;3-11,13,17H,1,12H2,2H3;5*1-2H3;1-2H/b;15-13+;;;;;;. The van der Waals surface area contributed by atoms with E-state index in [1.807, 2.05) is 87.4 Å². The van der Waals surface area contributed by atoms with Crippen molar-refractivity contribution in [3.8, 4) is 35.1 Å². The highest BCUT2D eigenvalue weighted by atomic mass is 14.2. The molecule has 0 spiro atoms. The van der Waals surface area contributed by atoms with E-state index in [4.69, 9.17) is 0 Å². The average Bonchev–Trinajstić information content (AvgIpc) is 3.38. The Bertz CT molecular complexity index is 2380. The number of rotatable bonds is 6. The van der Waals surface area contributed by atoms with E-state index in [1.54, 1.807) is 0 Å². The molecule has 7 aromatic rings. The maximum Gasteiger partial charge on any atom is 0.00150 e. The maximum atomic E-state index is 4.14. The first-order chi connectivity index (χ1) is 30.1. The number of hydrogen-bond donors (Lipinski definition) is 0. The summed E-state index contributed by atoms with van der Waals surface area (Å²) in [4.78, 5) is 0. The van der Waals surface area contributed by atoms with Crippen LogP contribution in [-0.2, 0) is 6.42 Å². The van der Waals surface area contributed by atoms with E-state index in [-0.39, 0.29) is 0 Å². The Morgan fingerprint density at radius 3 is 1.48 bits per heavy atom. The Morgan fingerprint density at radius 1 is 0.525 bits per heavy atom. The van der Waals surface area contributed by atoms with Crippen molar-refractivity contribution in [2.45, 2.75) is 95.9 Å². The van der Waals surface area contributed by atoms with Crippen LogP contribution >= 0.6 is 0 Å². The van der Waals surface area contributed by atoms with Crippen molar-refractivity contribution in [2.24, 2.45) is 5.92 Å². The van der Waals surface area contributed by atoms with Gasteiger partial charge in [0.2, 0.25) is 0 Å². The summed E-state index contributed by atoms with van der Waals surface area (Å²) in [6, 6.07) is 52.5. The van der Waals surface area contributed by atoms with E-state index >= 15 is 0 Å². The van der Waals surface area contributed by atoms with E-state index < -0.39 is 0 Å². The SMILES string of the molecule is C#C.C=C(/C=C(\C)C1C=CC=CC1)c1ccccc1.CC.CC.CC.CC.CC.CCc1cccc(-c2ccccc2-c2ccc3c4ccccc4c4ccccc4c3c2)c1. The van der Waals surface area contributed by atoms with Crippen LogP contribution in [0.5, 0.6) is 0 Å². The van der Waals surface area contributed by atoms with Crippen molar-refractivity contribution in [3.05, 3.63) is 199 Å². The van der Waals surface area contributed by atoms with Gasteiger partial charge in [-0.05, 0) is 97.1 Å². The normalized spacial score (nSPS) is 11.9. The minimum atomic E-state index is 0.528. The Labute approximate surface area is 372 Å². The fourth-order valence-electron chi connectivity index (χ4n) is 7.06. The van der Waals surface area contributed by atoms with E-state index in [0.717, 1.165) is 18.4 Å². The Hall–Kier alpha value is -6.16. The van der Waals surface area contributed by atoms with Gasteiger partial charge in [0.15, 0.2) is 0 Å². The molecule has 0 aromatic heterocycles. The van der Waals surface area contributed by atoms with Gasteiger partial charge in [0.25, 0.3) is 0 Å². The Morgan fingerprint density at radius 2 is 0.984 bits per heavy atom. The highest BCUT2D eigenvalue weighted by Crippen LogP contribution is 2.39. The molecule has 7 aromatic carbocycles. The van der Waals surface area contributed by atoms with E-state index in [9.17, 15) is 0 Å². The highest BCUT2D eigenvalue weighted by molar-refractivity contribution is 6.25. The van der Waals surface area contributed by atoms with Crippen LogP contribution in [0.25, 0.3) is 60.1 Å². The minimum Gasteiger partial charge on any atom is -0.124 e. The lowest BCUT2D eigenvalue weighted by Crippen LogP contribution is -1.99. The van der Waals surface area contributed by atoms with Crippen molar-refractivity contribution in [1.29, 1.82) is 0 Å². The van der Waals surface area contributed by atoms with Crippen molar-refractivity contribution in [2.75, 3.05) is 0 Å².